The van der Waals surface area contributed by atoms with Crippen molar-refractivity contribution in [3.8, 4) is 5.75 Å². The lowest BCUT2D eigenvalue weighted by molar-refractivity contribution is -0.140. The van der Waals surface area contributed by atoms with Crippen molar-refractivity contribution >= 4 is 64.2 Å². The zero-order valence-corrected chi connectivity index (χ0v) is 29.0. The Labute approximate surface area is 291 Å². The fourth-order valence-corrected chi connectivity index (χ4v) is 6.71. The zero-order valence-electron chi connectivity index (χ0n) is 26.6. The summed E-state index contributed by atoms with van der Waals surface area (Å²) in [6.45, 7) is 3.13. The van der Waals surface area contributed by atoms with E-state index in [0.29, 0.717) is 37.1 Å². The number of amidine groups is 2. The van der Waals surface area contributed by atoms with Crippen LogP contribution in [0.3, 0.4) is 0 Å². The number of anilines is 1. The topological polar surface area (TPSA) is 138 Å². The van der Waals surface area contributed by atoms with Crippen LogP contribution in [0.25, 0.3) is 6.08 Å². The standard InChI is InChI=1S/C32H40F3N5O5S.2ClH/c1-2-44-30(41)22-46(42,43)40(17-7-9-23-8-6-10-24(20-23)31(36)37)25-12-13-28(27(21-25)32(33,34)35)45-26-14-18-39(19-15-26)29-11-4-3-5-16-38-29;;/h6-10,12-13,20-21,26H,2-5,11,14-19,22H2,1H3,(H3,36,37);2*1H/b9-7+;;. The molecule has 1 saturated heterocycles. The van der Waals surface area contributed by atoms with Gasteiger partial charge in [-0.3, -0.25) is 19.5 Å². The molecule has 10 nitrogen and oxygen atoms in total. The SMILES string of the molecule is CCOC(=O)CS(=O)(=O)N(C/C=C/c1cccc(C(=N)N)c1)c1ccc(OC2CCN(C3=NCCCCC3)CC2)c(C(F)(F)F)c1.Cl.Cl. The minimum absolute atomic E-state index is 0. The van der Waals surface area contributed by atoms with Crippen LogP contribution >= 0.6 is 24.8 Å². The van der Waals surface area contributed by atoms with Gasteiger partial charge in [-0.15, -0.1) is 24.8 Å². The van der Waals surface area contributed by atoms with Crippen molar-refractivity contribution in [3.63, 3.8) is 0 Å². The van der Waals surface area contributed by atoms with Gasteiger partial charge in [0.2, 0.25) is 10.0 Å². The number of rotatable bonds is 11. The molecule has 4 rings (SSSR count). The van der Waals surface area contributed by atoms with Crippen LogP contribution in [-0.4, -0.2) is 75.6 Å². The number of piperidine rings is 1. The predicted octanol–water partition coefficient (Wildman–Crippen LogP) is 6.06. The fraction of sp³-hybridized carbons (Fsp3) is 0.469. The molecule has 2 aliphatic rings. The molecular weight excluding hydrogens is 694 g/mol. The van der Waals surface area contributed by atoms with Crippen LogP contribution in [0.2, 0.25) is 0 Å². The normalized spacial score (nSPS) is 15.8. The summed E-state index contributed by atoms with van der Waals surface area (Å²) in [4.78, 5) is 19.0. The summed E-state index contributed by atoms with van der Waals surface area (Å²) in [5, 5.41) is 7.61. The van der Waals surface area contributed by atoms with Gasteiger partial charge in [0.25, 0.3) is 0 Å². The number of nitrogens with two attached hydrogens (primary N) is 1. The van der Waals surface area contributed by atoms with Crippen LogP contribution in [0.15, 0.2) is 53.5 Å². The zero-order chi connectivity index (χ0) is 33.3. The Kier molecular flexibility index (Phi) is 15.5. The number of ether oxygens (including phenoxy) is 2. The number of likely N-dealkylation sites (tertiary alicyclic amines) is 1. The van der Waals surface area contributed by atoms with E-state index in [2.05, 4.69) is 9.89 Å². The number of benzene rings is 2. The second kappa shape index (κ2) is 18.3. The van der Waals surface area contributed by atoms with E-state index >= 15 is 0 Å². The quantitative estimate of drug-likeness (QED) is 0.163. The van der Waals surface area contributed by atoms with E-state index in [1.807, 2.05) is 0 Å². The number of sulfonamides is 1. The minimum atomic E-state index is -4.85. The molecule has 0 saturated carbocycles. The van der Waals surface area contributed by atoms with E-state index in [1.165, 1.54) is 19.1 Å². The van der Waals surface area contributed by atoms with Gasteiger partial charge in [0.1, 0.15) is 17.7 Å². The second-order valence-electron chi connectivity index (χ2n) is 11.1. The maximum Gasteiger partial charge on any atom is 0.420 e. The van der Waals surface area contributed by atoms with Gasteiger partial charge in [-0.05, 0) is 49.6 Å². The number of hydrogen-bond acceptors (Lipinski definition) is 8. The Hall–Kier alpha value is -3.49. The summed E-state index contributed by atoms with van der Waals surface area (Å²) in [5.41, 5.74) is 5.18. The molecule has 266 valence electrons. The second-order valence-corrected chi connectivity index (χ2v) is 13.0. The van der Waals surface area contributed by atoms with Crippen LogP contribution in [0.1, 0.15) is 62.1 Å². The first-order chi connectivity index (χ1) is 21.9. The highest BCUT2D eigenvalue weighted by Gasteiger charge is 2.37. The molecule has 2 heterocycles. The molecule has 0 aromatic heterocycles. The maximum absolute atomic E-state index is 14.4. The van der Waals surface area contributed by atoms with E-state index in [1.54, 1.807) is 30.3 Å². The van der Waals surface area contributed by atoms with Gasteiger partial charge in [-0.25, -0.2) is 8.42 Å². The highest BCUT2D eigenvalue weighted by Crippen LogP contribution is 2.40. The Morgan fingerprint density at radius 2 is 1.85 bits per heavy atom. The monoisotopic (exact) mass is 735 g/mol. The van der Waals surface area contributed by atoms with Crippen molar-refractivity contribution < 1.29 is 35.9 Å². The highest BCUT2D eigenvalue weighted by molar-refractivity contribution is 7.93. The van der Waals surface area contributed by atoms with Crippen LogP contribution in [0.4, 0.5) is 18.9 Å². The number of alkyl halides is 3. The molecule has 2 aliphatic heterocycles. The first-order valence-corrected chi connectivity index (χ1v) is 16.9. The number of nitrogens with one attached hydrogen (secondary N) is 1. The van der Waals surface area contributed by atoms with Crippen LogP contribution in [0.5, 0.6) is 5.75 Å². The predicted molar refractivity (Wildman–Crippen MR) is 186 cm³/mol. The number of hydrogen-bond donors (Lipinski definition) is 2. The number of carbonyl (C=O) groups is 1. The molecule has 0 unspecified atom stereocenters. The largest absolute Gasteiger partial charge is 0.490 e. The van der Waals surface area contributed by atoms with Crippen molar-refractivity contribution in [2.45, 2.75) is 57.7 Å². The molecule has 16 heteroatoms. The van der Waals surface area contributed by atoms with Crippen molar-refractivity contribution in [2.75, 3.05) is 42.8 Å². The first kappa shape index (κ1) is 40.7. The molecular formula is C32H42Cl2F3N5O5S. The van der Waals surface area contributed by atoms with Gasteiger partial charge in [-0.1, -0.05) is 36.8 Å². The lowest BCUT2D eigenvalue weighted by Gasteiger charge is -2.34. The van der Waals surface area contributed by atoms with E-state index in [9.17, 15) is 26.4 Å². The molecule has 3 N–H and O–H groups in total. The van der Waals surface area contributed by atoms with Crippen molar-refractivity contribution in [1.82, 2.24) is 4.90 Å². The average molecular weight is 737 g/mol. The van der Waals surface area contributed by atoms with Crippen molar-refractivity contribution in [2.24, 2.45) is 10.7 Å². The van der Waals surface area contributed by atoms with Gasteiger partial charge in [-0.2, -0.15) is 13.2 Å². The van der Waals surface area contributed by atoms with E-state index < -0.39 is 39.6 Å². The Morgan fingerprint density at radius 1 is 1.12 bits per heavy atom. The molecule has 2 aromatic rings. The molecule has 0 atom stereocenters. The van der Waals surface area contributed by atoms with Gasteiger partial charge in [0.05, 0.1) is 30.2 Å². The maximum atomic E-state index is 14.4. The summed E-state index contributed by atoms with van der Waals surface area (Å²) in [6, 6.07) is 9.71. The molecule has 0 bridgehead atoms. The minimum Gasteiger partial charge on any atom is -0.490 e. The Morgan fingerprint density at radius 3 is 2.52 bits per heavy atom. The fourth-order valence-electron chi connectivity index (χ4n) is 5.43. The number of halogens is 5. The van der Waals surface area contributed by atoms with Crippen LogP contribution in [0, 0.1) is 5.41 Å². The third kappa shape index (κ3) is 11.3. The number of carbonyl (C=O) groups excluding carboxylic acids is 1. The summed E-state index contributed by atoms with van der Waals surface area (Å²) in [6.07, 6.45) is 2.91. The molecule has 1 fully saturated rings. The van der Waals surface area contributed by atoms with E-state index in [0.717, 1.165) is 54.5 Å². The molecule has 48 heavy (non-hydrogen) atoms. The van der Waals surface area contributed by atoms with Crippen LogP contribution in [-0.2, 0) is 25.7 Å². The summed E-state index contributed by atoms with van der Waals surface area (Å²) in [5.74, 6) is -1.57. The van der Waals surface area contributed by atoms with Gasteiger partial charge < -0.3 is 20.1 Å². The molecule has 0 radical (unpaired) electrons. The lowest BCUT2D eigenvalue weighted by atomic mass is 10.1. The molecule has 0 aliphatic carbocycles. The Bertz CT molecular complexity index is 1570. The Balaban J connectivity index is 0.00000400. The number of nitrogens with zero attached hydrogens (tertiary/aromatic N) is 3. The van der Waals surface area contributed by atoms with Crippen molar-refractivity contribution in [3.05, 3.63) is 65.2 Å². The molecule has 0 spiro atoms. The number of aliphatic imine (C=N–C) groups is 1. The van der Waals surface area contributed by atoms with Gasteiger partial charge in [0, 0.05) is 44.5 Å². The number of esters is 1. The summed E-state index contributed by atoms with van der Waals surface area (Å²) < 4.78 is 81.3. The van der Waals surface area contributed by atoms with Gasteiger partial charge in [0.15, 0.2) is 5.75 Å². The smallest absolute Gasteiger partial charge is 0.420 e. The van der Waals surface area contributed by atoms with E-state index in [-0.39, 0.29) is 55.2 Å². The lowest BCUT2D eigenvalue weighted by Crippen LogP contribution is -2.42. The number of nitrogen functional groups attached to an aromatic ring is 1. The van der Waals surface area contributed by atoms with Crippen LogP contribution < -0.4 is 14.8 Å². The molecule has 0 amide bonds. The van der Waals surface area contributed by atoms with Crippen molar-refractivity contribution in [1.29, 1.82) is 5.41 Å². The third-order valence-electron chi connectivity index (χ3n) is 7.73. The van der Waals surface area contributed by atoms with E-state index in [4.69, 9.17) is 20.6 Å². The first-order valence-electron chi connectivity index (χ1n) is 15.3. The highest BCUT2D eigenvalue weighted by atomic mass is 35.5. The van der Waals surface area contributed by atoms with Gasteiger partial charge >= 0.3 is 12.1 Å². The summed E-state index contributed by atoms with van der Waals surface area (Å²) >= 11 is 0. The third-order valence-corrected chi connectivity index (χ3v) is 9.36. The molecule has 2 aromatic carbocycles. The average Bonchev–Trinajstić information content (AvgIpc) is 3.29. The summed E-state index contributed by atoms with van der Waals surface area (Å²) in [7, 11) is -4.47.